The molecule has 0 spiro atoms. The van der Waals surface area contributed by atoms with Crippen molar-refractivity contribution in [2.24, 2.45) is 0 Å². The summed E-state index contributed by atoms with van der Waals surface area (Å²) in [7, 11) is -3.47. The van der Waals surface area contributed by atoms with Crippen LogP contribution in [0, 0.1) is 0 Å². The zero-order valence-corrected chi connectivity index (χ0v) is 13.1. The lowest BCUT2D eigenvalue weighted by molar-refractivity contribution is 0.102. The third-order valence-corrected chi connectivity index (χ3v) is 6.48. The molecule has 1 aromatic heterocycles. The number of nitrogen functional groups attached to an aromatic ring is 1. The van der Waals surface area contributed by atoms with E-state index in [-0.39, 0.29) is 22.1 Å². The second-order valence-corrected chi connectivity index (χ2v) is 7.75. The van der Waals surface area contributed by atoms with Crippen LogP contribution in [0.2, 0.25) is 0 Å². The molecular formula is C12H18N2O4S2. The number of nitrogens with zero attached hydrogens (tertiary/aromatic N) is 1. The van der Waals surface area contributed by atoms with Crippen molar-refractivity contribution in [3.63, 3.8) is 0 Å². The Balaban J connectivity index is 2.59. The summed E-state index contributed by atoms with van der Waals surface area (Å²) in [5, 5.41) is 0.567. The van der Waals surface area contributed by atoms with Gasteiger partial charge in [0.1, 0.15) is 9.90 Å². The van der Waals surface area contributed by atoms with Crippen LogP contribution in [0.25, 0.3) is 0 Å². The standard InChI is InChI=1S/C12H18N2O4S2/c1-3-20(16,17)11-9(13)10(8(2)15)19-12(11)14-4-6-18-7-5-14/h3-7,13H2,1-2H3. The average Bonchev–Trinajstić information content (AvgIpc) is 2.78. The average molecular weight is 318 g/mol. The van der Waals surface area contributed by atoms with Gasteiger partial charge in [-0.05, 0) is 0 Å². The van der Waals surface area contributed by atoms with E-state index < -0.39 is 9.84 Å². The molecule has 0 saturated carbocycles. The van der Waals surface area contributed by atoms with Crippen molar-refractivity contribution >= 4 is 37.6 Å². The molecule has 1 aliphatic heterocycles. The zero-order chi connectivity index (χ0) is 14.9. The first kappa shape index (κ1) is 15.3. The lowest BCUT2D eigenvalue weighted by atomic mass is 10.3. The summed E-state index contributed by atoms with van der Waals surface area (Å²) >= 11 is 1.16. The summed E-state index contributed by atoms with van der Waals surface area (Å²) in [4.78, 5) is 14.0. The molecule has 0 atom stereocenters. The number of hydrogen-bond acceptors (Lipinski definition) is 7. The monoisotopic (exact) mass is 318 g/mol. The van der Waals surface area contributed by atoms with E-state index in [4.69, 9.17) is 10.5 Å². The Hall–Kier alpha value is -1.12. The minimum absolute atomic E-state index is 0.0391. The van der Waals surface area contributed by atoms with Gasteiger partial charge in [-0.15, -0.1) is 11.3 Å². The first-order valence-electron chi connectivity index (χ1n) is 6.37. The van der Waals surface area contributed by atoms with Crippen LogP contribution in [0.15, 0.2) is 4.90 Å². The molecule has 0 bridgehead atoms. The van der Waals surface area contributed by atoms with Crippen LogP contribution in [0.1, 0.15) is 23.5 Å². The highest BCUT2D eigenvalue weighted by Gasteiger charge is 2.30. The fourth-order valence-electron chi connectivity index (χ4n) is 2.10. The molecule has 0 aliphatic carbocycles. The van der Waals surface area contributed by atoms with Crippen molar-refractivity contribution in [1.29, 1.82) is 0 Å². The van der Waals surface area contributed by atoms with E-state index in [9.17, 15) is 13.2 Å². The van der Waals surface area contributed by atoms with E-state index in [0.717, 1.165) is 11.3 Å². The van der Waals surface area contributed by atoms with Crippen molar-refractivity contribution in [3.05, 3.63) is 4.88 Å². The predicted octanol–water partition coefficient (Wildman–Crippen LogP) is 1.16. The molecule has 2 rings (SSSR count). The van der Waals surface area contributed by atoms with Gasteiger partial charge in [-0.2, -0.15) is 0 Å². The summed E-state index contributed by atoms with van der Waals surface area (Å²) in [5.74, 6) is -0.248. The number of hydrogen-bond donors (Lipinski definition) is 1. The number of morpholine rings is 1. The molecule has 6 nitrogen and oxygen atoms in total. The van der Waals surface area contributed by atoms with Gasteiger partial charge in [0.05, 0.1) is 29.5 Å². The highest BCUT2D eigenvalue weighted by atomic mass is 32.2. The Morgan fingerprint density at radius 1 is 1.40 bits per heavy atom. The number of nitrogens with two attached hydrogens (primary N) is 1. The van der Waals surface area contributed by atoms with Gasteiger partial charge in [0.15, 0.2) is 15.6 Å². The van der Waals surface area contributed by atoms with Crippen LogP contribution in [0.5, 0.6) is 0 Å². The van der Waals surface area contributed by atoms with Gasteiger partial charge in [0.2, 0.25) is 0 Å². The first-order valence-corrected chi connectivity index (χ1v) is 8.84. The third kappa shape index (κ3) is 2.68. The van der Waals surface area contributed by atoms with Crippen LogP contribution < -0.4 is 10.6 Å². The van der Waals surface area contributed by atoms with Crippen LogP contribution in [0.3, 0.4) is 0 Å². The highest BCUT2D eigenvalue weighted by molar-refractivity contribution is 7.92. The molecule has 2 heterocycles. The quantitative estimate of drug-likeness (QED) is 0.838. The summed E-state index contributed by atoms with van der Waals surface area (Å²) < 4.78 is 29.8. The number of thiophene rings is 1. The second-order valence-electron chi connectivity index (χ2n) is 4.54. The number of sulfone groups is 1. The molecule has 1 aromatic rings. The lowest BCUT2D eigenvalue weighted by Crippen LogP contribution is -2.36. The Morgan fingerprint density at radius 2 is 2.00 bits per heavy atom. The number of rotatable bonds is 4. The van der Waals surface area contributed by atoms with Gasteiger partial charge >= 0.3 is 0 Å². The van der Waals surface area contributed by atoms with E-state index in [0.29, 0.717) is 36.2 Å². The molecule has 0 amide bonds. The molecule has 2 N–H and O–H groups in total. The van der Waals surface area contributed by atoms with Crippen molar-refractivity contribution in [2.75, 3.05) is 42.7 Å². The molecule has 0 radical (unpaired) electrons. The number of Topliss-reactive ketones (excluding diaryl/α,β-unsaturated/α-hetero) is 1. The van der Waals surface area contributed by atoms with Crippen molar-refractivity contribution in [3.8, 4) is 0 Å². The molecule has 0 aromatic carbocycles. The van der Waals surface area contributed by atoms with Crippen LogP contribution in [0.4, 0.5) is 10.7 Å². The largest absolute Gasteiger partial charge is 0.396 e. The summed E-state index contributed by atoms with van der Waals surface area (Å²) in [6.45, 7) is 5.25. The summed E-state index contributed by atoms with van der Waals surface area (Å²) in [5.41, 5.74) is 6.01. The van der Waals surface area contributed by atoms with Crippen molar-refractivity contribution in [1.82, 2.24) is 0 Å². The number of ether oxygens (including phenoxy) is 1. The fourth-order valence-corrected chi connectivity index (χ4v) is 4.85. The SMILES string of the molecule is CCS(=O)(=O)c1c(N2CCOCC2)sc(C(C)=O)c1N. The molecule has 112 valence electrons. The normalized spacial score (nSPS) is 16.4. The smallest absolute Gasteiger partial charge is 0.183 e. The van der Waals surface area contributed by atoms with E-state index in [1.807, 2.05) is 4.90 Å². The molecule has 1 aliphatic rings. The van der Waals surface area contributed by atoms with Crippen LogP contribution in [-0.4, -0.2) is 46.3 Å². The maximum Gasteiger partial charge on any atom is 0.183 e. The number of carbonyl (C=O) groups excluding carboxylic acids is 1. The Bertz CT molecular complexity index is 616. The van der Waals surface area contributed by atoms with E-state index >= 15 is 0 Å². The molecule has 1 saturated heterocycles. The summed E-state index contributed by atoms with van der Waals surface area (Å²) in [6, 6.07) is 0. The van der Waals surface area contributed by atoms with Crippen molar-refractivity contribution < 1.29 is 17.9 Å². The van der Waals surface area contributed by atoms with E-state index in [1.165, 1.54) is 6.92 Å². The number of anilines is 2. The number of ketones is 1. The first-order chi connectivity index (χ1) is 9.38. The molecule has 8 heteroatoms. The molecule has 20 heavy (non-hydrogen) atoms. The Labute approximate surface area is 122 Å². The maximum atomic E-state index is 12.3. The van der Waals surface area contributed by atoms with E-state index in [1.54, 1.807) is 6.92 Å². The van der Waals surface area contributed by atoms with Crippen LogP contribution >= 0.6 is 11.3 Å². The highest BCUT2D eigenvalue weighted by Crippen LogP contribution is 2.42. The lowest BCUT2D eigenvalue weighted by Gasteiger charge is -2.28. The number of carbonyl (C=O) groups is 1. The molecular weight excluding hydrogens is 300 g/mol. The molecule has 0 unspecified atom stereocenters. The predicted molar refractivity (Wildman–Crippen MR) is 79.5 cm³/mol. The zero-order valence-electron chi connectivity index (χ0n) is 11.5. The molecule has 1 fully saturated rings. The van der Waals surface area contributed by atoms with Gasteiger partial charge in [-0.3, -0.25) is 4.79 Å². The van der Waals surface area contributed by atoms with Gasteiger partial charge in [0.25, 0.3) is 0 Å². The topological polar surface area (TPSA) is 89.7 Å². The van der Waals surface area contributed by atoms with Crippen molar-refractivity contribution in [2.45, 2.75) is 18.7 Å². The van der Waals surface area contributed by atoms with Gasteiger partial charge in [-0.1, -0.05) is 6.92 Å². The Kier molecular flexibility index (Phi) is 4.36. The minimum atomic E-state index is -3.47. The third-order valence-electron chi connectivity index (χ3n) is 3.19. The summed E-state index contributed by atoms with van der Waals surface area (Å²) in [6.07, 6.45) is 0. The second kappa shape index (κ2) is 5.71. The van der Waals surface area contributed by atoms with Gasteiger partial charge in [-0.25, -0.2) is 8.42 Å². The Morgan fingerprint density at radius 3 is 2.50 bits per heavy atom. The fraction of sp³-hybridized carbons (Fsp3) is 0.583. The van der Waals surface area contributed by atoms with Gasteiger partial charge < -0.3 is 15.4 Å². The minimum Gasteiger partial charge on any atom is -0.396 e. The van der Waals surface area contributed by atoms with Crippen LogP contribution in [-0.2, 0) is 14.6 Å². The van der Waals surface area contributed by atoms with E-state index in [2.05, 4.69) is 0 Å². The maximum absolute atomic E-state index is 12.3. The van der Waals surface area contributed by atoms with Gasteiger partial charge in [0, 0.05) is 20.0 Å².